The normalized spacial score (nSPS) is 27.9. The fraction of sp³-hybridized carbons (Fsp3) is 0.471. The molecule has 4 rings (SSSR count). The topological polar surface area (TPSA) is 29.9 Å². The summed E-state index contributed by atoms with van der Waals surface area (Å²) in [7, 11) is 0. The summed E-state index contributed by atoms with van der Waals surface area (Å²) in [4.78, 5) is 0. The third kappa shape index (κ3) is 2.33. The lowest BCUT2D eigenvalue weighted by atomic mass is 9.95. The maximum absolute atomic E-state index is 4.27. The maximum Gasteiger partial charge on any atom is 0.0660 e. The highest BCUT2D eigenvalue weighted by atomic mass is 15.3. The van der Waals surface area contributed by atoms with Crippen LogP contribution in [0.4, 0.5) is 5.69 Å². The Kier molecular flexibility index (Phi) is 2.98. The molecule has 104 valence electrons. The summed E-state index contributed by atoms with van der Waals surface area (Å²) >= 11 is 0. The summed E-state index contributed by atoms with van der Waals surface area (Å²) in [6.45, 7) is 0.846. The number of aromatic nitrogens is 2. The predicted molar refractivity (Wildman–Crippen MR) is 80.6 cm³/mol. The van der Waals surface area contributed by atoms with Gasteiger partial charge in [0.25, 0.3) is 0 Å². The maximum atomic E-state index is 4.27. The van der Waals surface area contributed by atoms with Gasteiger partial charge in [-0.3, -0.25) is 4.68 Å². The van der Waals surface area contributed by atoms with Crippen LogP contribution in [0.1, 0.15) is 31.2 Å². The smallest absolute Gasteiger partial charge is 0.0660 e. The van der Waals surface area contributed by atoms with Gasteiger partial charge >= 0.3 is 0 Å². The molecule has 0 aliphatic heterocycles. The lowest BCUT2D eigenvalue weighted by Crippen LogP contribution is -2.25. The van der Waals surface area contributed by atoms with Crippen LogP contribution in [0.5, 0.6) is 0 Å². The second-order valence-corrected chi connectivity index (χ2v) is 6.33. The molecule has 3 atom stereocenters. The van der Waals surface area contributed by atoms with Crippen molar-refractivity contribution < 1.29 is 0 Å². The Bertz CT molecular complexity index is 576. The van der Waals surface area contributed by atoms with Crippen molar-refractivity contribution in [3.8, 4) is 0 Å². The SMILES string of the molecule is c1cc(Cn2cccn2)cc(NC2CC3CCC2C3)c1. The Morgan fingerprint density at radius 3 is 2.95 bits per heavy atom. The highest BCUT2D eigenvalue weighted by molar-refractivity contribution is 5.47. The first-order valence-electron chi connectivity index (χ1n) is 7.70. The molecule has 2 aliphatic rings. The fourth-order valence-electron chi connectivity index (χ4n) is 3.98. The van der Waals surface area contributed by atoms with Gasteiger partial charge in [-0.2, -0.15) is 5.10 Å². The van der Waals surface area contributed by atoms with Gasteiger partial charge in [-0.05, 0) is 54.9 Å². The van der Waals surface area contributed by atoms with E-state index in [1.165, 1.54) is 36.9 Å². The molecule has 1 N–H and O–H groups in total. The molecule has 2 saturated carbocycles. The second kappa shape index (κ2) is 4.97. The van der Waals surface area contributed by atoms with Crippen LogP contribution in [0.2, 0.25) is 0 Å². The number of hydrogen-bond donors (Lipinski definition) is 1. The first-order valence-corrected chi connectivity index (χ1v) is 7.70. The minimum atomic E-state index is 0.703. The van der Waals surface area contributed by atoms with E-state index in [1.54, 1.807) is 0 Å². The molecule has 0 radical (unpaired) electrons. The summed E-state index contributed by atoms with van der Waals surface area (Å²) in [6.07, 6.45) is 9.55. The number of nitrogens with one attached hydrogen (secondary N) is 1. The van der Waals surface area contributed by atoms with Crippen molar-refractivity contribution in [2.75, 3.05) is 5.32 Å². The zero-order chi connectivity index (χ0) is 13.4. The van der Waals surface area contributed by atoms with Gasteiger partial charge in [0.1, 0.15) is 0 Å². The van der Waals surface area contributed by atoms with Crippen LogP contribution in [0, 0.1) is 11.8 Å². The van der Waals surface area contributed by atoms with Crippen LogP contribution in [-0.4, -0.2) is 15.8 Å². The Morgan fingerprint density at radius 2 is 2.20 bits per heavy atom. The summed E-state index contributed by atoms with van der Waals surface area (Å²) in [5.41, 5.74) is 2.58. The van der Waals surface area contributed by atoms with Crippen molar-refractivity contribution >= 4 is 5.69 Å². The summed E-state index contributed by atoms with van der Waals surface area (Å²) < 4.78 is 1.97. The van der Waals surface area contributed by atoms with Crippen LogP contribution in [-0.2, 0) is 6.54 Å². The number of nitrogens with zero attached hydrogens (tertiary/aromatic N) is 2. The fourth-order valence-corrected chi connectivity index (χ4v) is 3.98. The molecule has 2 aliphatic carbocycles. The van der Waals surface area contributed by atoms with Gasteiger partial charge in [-0.15, -0.1) is 0 Å². The molecular formula is C17H21N3. The van der Waals surface area contributed by atoms with Crippen LogP contribution in [0.3, 0.4) is 0 Å². The zero-order valence-electron chi connectivity index (χ0n) is 11.7. The van der Waals surface area contributed by atoms with Crippen molar-refractivity contribution in [1.29, 1.82) is 0 Å². The van der Waals surface area contributed by atoms with Crippen LogP contribution in [0.25, 0.3) is 0 Å². The van der Waals surface area contributed by atoms with Gasteiger partial charge in [-0.25, -0.2) is 0 Å². The van der Waals surface area contributed by atoms with Crippen molar-refractivity contribution in [2.24, 2.45) is 11.8 Å². The lowest BCUT2D eigenvalue weighted by molar-refractivity contribution is 0.440. The van der Waals surface area contributed by atoms with Crippen LogP contribution in [0.15, 0.2) is 42.7 Å². The summed E-state index contributed by atoms with van der Waals surface area (Å²) in [5.74, 6) is 1.90. The Labute approximate surface area is 120 Å². The number of hydrogen-bond acceptors (Lipinski definition) is 2. The molecule has 3 unspecified atom stereocenters. The largest absolute Gasteiger partial charge is 0.382 e. The Hall–Kier alpha value is -1.77. The molecule has 0 saturated heterocycles. The van der Waals surface area contributed by atoms with E-state index in [0.717, 1.165) is 18.4 Å². The number of rotatable bonds is 4. The lowest BCUT2D eigenvalue weighted by Gasteiger charge is -2.24. The molecule has 20 heavy (non-hydrogen) atoms. The molecule has 1 aromatic carbocycles. The van der Waals surface area contributed by atoms with Crippen molar-refractivity contribution in [3.05, 3.63) is 48.3 Å². The number of fused-ring (bicyclic) bond motifs is 2. The van der Waals surface area contributed by atoms with E-state index in [2.05, 4.69) is 34.7 Å². The summed E-state index contributed by atoms with van der Waals surface area (Å²) in [6, 6.07) is 11.5. The third-order valence-electron chi connectivity index (χ3n) is 4.92. The molecule has 3 heteroatoms. The number of anilines is 1. The van der Waals surface area contributed by atoms with E-state index < -0.39 is 0 Å². The van der Waals surface area contributed by atoms with Gasteiger partial charge in [0.05, 0.1) is 6.54 Å². The molecule has 2 aromatic rings. The van der Waals surface area contributed by atoms with Crippen LogP contribution < -0.4 is 5.32 Å². The molecule has 1 aromatic heterocycles. The van der Waals surface area contributed by atoms with Gasteiger partial charge in [0.15, 0.2) is 0 Å². The van der Waals surface area contributed by atoms with E-state index in [0.29, 0.717) is 6.04 Å². The van der Waals surface area contributed by atoms with Gasteiger partial charge in [-0.1, -0.05) is 18.6 Å². The first-order chi connectivity index (χ1) is 9.87. The van der Waals surface area contributed by atoms with Crippen molar-refractivity contribution in [2.45, 2.75) is 38.3 Å². The average Bonchev–Trinajstić information content (AvgIpc) is 3.16. The average molecular weight is 267 g/mol. The predicted octanol–water partition coefficient (Wildman–Crippen LogP) is 3.53. The molecule has 2 bridgehead atoms. The van der Waals surface area contributed by atoms with E-state index in [-0.39, 0.29) is 0 Å². The van der Waals surface area contributed by atoms with Gasteiger partial charge < -0.3 is 5.32 Å². The minimum absolute atomic E-state index is 0.703. The quantitative estimate of drug-likeness (QED) is 0.918. The first kappa shape index (κ1) is 12.0. The molecule has 1 heterocycles. The monoisotopic (exact) mass is 267 g/mol. The zero-order valence-corrected chi connectivity index (χ0v) is 11.7. The molecule has 0 spiro atoms. The Morgan fingerprint density at radius 1 is 1.20 bits per heavy atom. The van der Waals surface area contributed by atoms with E-state index in [4.69, 9.17) is 0 Å². The molecule has 2 fully saturated rings. The summed E-state index contributed by atoms with van der Waals surface area (Å²) in [5, 5.41) is 8.03. The minimum Gasteiger partial charge on any atom is -0.382 e. The van der Waals surface area contributed by atoms with Crippen molar-refractivity contribution in [3.63, 3.8) is 0 Å². The van der Waals surface area contributed by atoms with Crippen molar-refractivity contribution in [1.82, 2.24) is 9.78 Å². The van der Waals surface area contributed by atoms with E-state index in [1.807, 2.05) is 23.1 Å². The molecule has 0 amide bonds. The van der Waals surface area contributed by atoms with Gasteiger partial charge in [0.2, 0.25) is 0 Å². The highest BCUT2D eigenvalue weighted by Crippen LogP contribution is 2.45. The Balaban J connectivity index is 1.46. The molecule has 3 nitrogen and oxygen atoms in total. The third-order valence-corrected chi connectivity index (χ3v) is 4.92. The number of benzene rings is 1. The second-order valence-electron chi connectivity index (χ2n) is 6.33. The standard InChI is InChI=1S/C17H21N3/c1-3-14(12-20-8-2-7-18-20)10-16(4-1)19-17-11-13-5-6-15(17)9-13/h1-4,7-8,10,13,15,17,19H,5-6,9,11-12H2. The van der Waals surface area contributed by atoms with E-state index in [9.17, 15) is 0 Å². The van der Waals surface area contributed by atoms with E-state index >= 15 is 0 Å². The van der Waals surface area contributed by atoms with Crippen LogP contribution >= 0.6 is 0 Å². The van der Waals surface area contributed by atoms with Gasteiger partial charge in [0, 0.05) is 24.1 Å². The molecular weight excluding hydrogens is 246 g/mol. The highest BCUT2D eigenvalue weighted by Gasteiger charge is 2.39.